The van der Waals surface area contributed by atoms with Gasteiger partial charge in [-0.05, 0) is 18.1 Å². The molecule has 0 spiro atoms. The molecule has 1 rings (SSSR count). The van der Waals surface area contributed by atoms with Crippen molar-refractivity contribution in [1.29, 1.82) is 0 Å². The van der Waals surface area contributed by atoms with Crippen molar-refractivity contribution in [1.82, 2.24) is 0 Å². The monoisotopic (exact) mass is 186 g/mol. The number of ether oxygens (including phenoxy) is 1. The summed E-state index contributed by atoms with van der Waals surface area (Å²) in [6.45, 7) is 2.01. The van der Waals surface area contributed by atoms with Crippen molar-refractivity contribution in [3.8, 4) is 5.75 Å². The van der Waals surface area contributed by atoms with E-state index in [0.717, 1.165) is 12.0 Å². The quantitative estimate of drug-likeness (QED) is 0.659. The van der Waals surface area contributed by atoms with Gasteiger partial charge in [0, 0.05) is 0 Å². The van der Waals surface area contributed by atoms with E-state index >= 15 is 0 Å². The summed E-state index contributed by atoms with van der Waals surface area (Å²) in [6, 6.07) is 7.46. The van der Waals surface area contributed by atoms with Gasteiger partial charge in [-0.1, -0.05) is 34.4 Å². The molecule has 0 aliphatic carbocycles. The number of hydrogen-bond acceptors (Lipinski definition) is 1. The van der Waals surface area contributed by atoms with E-state index in [4.69, 9.17) is 4.74 Å². The van der Waals surface area contributed by atoms with E-state index in [-0.39, 0.29) is 0 Å². The second-order valence-corrected chi connectivity index (χ2v) is 2.95. The average Bonchev–Trinajstić information content (AvgIpc) is 2.04. The third-order valence-corrected chi connectivity index (χ3v) is 1.73. The molecule has 0 heterocycles. The van der Waals surface area contributed by atoms with Crippen LogP contribution < -0.4 is 4.74 Å². The predicted molar refractivity (Wildman–Crippen MR) is 51.1 cm³/mol. The summed E-state index contributed by atoms with van der Waals surface area (Å²) in [5.41, 5.74) is 1.03. The zero-order valence-electron chi connectivity index (χ0n) is 6.96. The molecule has 66 valence electrons. The predicted octanol–water partition coefficient (Wildman–Crippen LogP) is 2.76. The second-order valence-electron chi connectivity index (χ2n) is 2.43. The molecule has 0 saturated heterocycles. The molecule has 1 aromatic rings. The highest BCUT2D eigenvalue weighted by Gasteiger charge is 2.03. The molecule has 0 radical (unpaired) electrons. The number of halogens is 1. The number of alkyl halides is 1. The van der Waals surface area contributed by atoms with Crippen molar-refractivity contribution in [2.45, 2.75) is 19.4 Å². The molecule has 0 fully saturated rings. The van der Waals surface area contributed by atoms with Crippen molar-refractivity contribution < 1.29 is 9.13 Å². The van der Waals surface area contributed by atoms with Crippen molar-refractivity contribution in [3.63, 3.8) is 0 Å². The minimum Gasteiger partial charge on any atom is -0.457 e. The van der Waals surface area contributed by atoms with Gasteiger partial charge in [0.1, 0.15) is 5.75 Å². The topological polar surface area (TPSA) is 9.23 Å². The lowest BCUT2D eigenvalue weighted by Gasteiger charge is -2.10. The van der Waals surface area contributed by atoms with E-state index in [1.165, 1.54) is 0 Å². The molecule has 0 aromatic heterocycles. The first-order valence-corrected chi connectivity index (χ1v) is 4.55. The van der Waals surface area contributed by atoms with E-state index in [1.807, 2.05) is 34.4 Å². The fourth-order valence-corrected chi connectivity index (χ4v) is 1.18. The Morgan fingerprint density at radius 3 is 2.75 bits per heavy atom. The summed E-state index contributed by atoms with van der Waals surface area (Å²) in [7, 11) is 1.96. The minimum absolute atomic E-state index is 0.627. The van der Waals surface area contributed by atoms with E-state index in [2.05, 4.69) is 0 Å². The Morgan fingerprint density at radius 2 is 2.17 bits per heavy atom. The van der Waals surface area contributed by atoms with Gasteiger partial charge in [0.25, 0.3) is 0 Å². The molecule has 0 saturated carbocycles. The zero-order chi connectivity index (χ0) is 8.97. The Kier molecular flexibility index (Phi) is 3.48. The molecule has 0 aliphatic rings. The number of rotatable bonds is 3. The maximum atomic E-state index is 12.4. The number of para-hydroxylation sites is 1. The van der Waals surface area contributed by atoms with E-state index in [9.17, 15) is 4.39 Å². The molecule has 0 aliphatic heterocycles. The van der Waals surface area contributed by atoms with Gasteiger partial charge < -0.3 is 4.74 Å². The Balaban J connectivity index is 2.82. The Labute approximate surface area is 74.1 Å². The lowest BCUT2D eigenvalue weighted by molar-refractivity contribution is 0.152. The largest absolute Gasteiger partial charge is 0.457 e. The Morgan fingerprint density at radius 1 is 1.50 bits per heavy atom. The lowest BCUT2D eigenvalue weighted by Crippen LogP contribution is -2.01. The summed E-state index contributed by atoms with van der Waals surface area (Å²) >= 11 is 0. The number of aryl methyl sites for hydroxylation is 1. The zero-order valence-corrected chi connectivity index (χ0v) is 8.11. The van der Waals surface area contributed by atoms with E-state index in [1.54, 1.807) is 6.07 Å². The van der Waals surface area contributed by atoms with Gasteiger partial charge in [-0.15, -0.1) is 0 Å². The lowest BCUT2D eigenvalue weighted by atomic mass is 10.1. The molecule has 2 unspecified atom stereocenters. The third-order valence-electron chi connectivity index (χ3n) is 1.59. The van der Waals surface area contributed by atoms with Crippen LogP contribution in [0.15, 0.2) is 24.3 Å². The maximum absolute atomic E-state index is 12.4. The van der Waals surface area contributed by atoms with Crippen LogP contribution in [0.5, 0.6) is 5.75 Å². The van der Waals surface area contributed by atoms with Crippen LogP contribution in [-0.4, -0.2) is 6.10 Å². The van der Waals surface area contributed by atoms with Gasteiger partial charge >= 0.3 is 0 Å². The molecular formula is C9H12FOP. The van der Waals surface area contributed by atoms with Gasteiger partial charge in [0.2, 0.25) is 6.10 Å². The maximum Gasteiger partial charge on any atom is 0.249 e. The third kappa shape index (κ3) is 2.46. The summed E-state index contributed by atoms with van der Waals surface area (Å²) in [6.07, 6.45) is -0.467. The molecule has 0 bridgehead atoms. The Hall–Kier alpha value is -0.620. The molecule has 0 N–H and O–H groups in total. The smallest absolute Gasteiger partial charge is 0.249 e. The van der Waals surface area contributed by atoms with Crippen LogP contribution in [0.25, 0.3) is 0 Å². The average molecular weight is 186 g/mol. The van der Waals surface area contributed by atoms with Crippen molar-refractivity contribution in [2.75, 3.05) is 0 Å². The van der Waals surface area contributed by atoms with E-state index < -0.39 is 6.10 Å². The molecule has 0 amide bonds. The number of benzene rings is 1. The fraction of sp³-hybridized carbons (Fsp3) is 0.333. The molecular weight excluding hydrogens is 174 g/mol. The molecule has 3 heteroatoms. The first kappa shape index (κ1) is 9.47. The van der Waals surface area contributed by atoms with Gasteiger partial charge in [-0.2, -0.15) is 4.39 Å². The van der Waals surface area contributed by atoms with Gasteiger partial charge in [0.15, 0.2) is 0 Å². The van der Waals surface area contributed by atoms with Gasteiger partial charge in [-0.25, -0.2) is 0 Å². The highest BCUT2D eigenvalue weighted by Crippen LogP contribution is 2.21. The molecule has 1 nitrogen and oxygen atoms in total. The molecule has 2 atom stereocenters. The van der Waals surface area contributed by atoms with Crippen LogP contribution in [0.4, 0.5) is 4.39 Å². The van der Waals surface area contributed by atoms with Crippen molar-refractivity contribution >= 4 is 9.24 Å². The first-order chi connectivity index (χ1) is 5.74. The summed E-state index contributed by atoms with van der Waals surface area (Å²) < 4.78 is 17.4. The second kappa shape index (κ2) is 4.42. The van der Waals surface area contributed by atoms with Gasteiger partial charge in [-0.3, -0.25) is 0 Å². The van der Waals surface area contributed by atoms with Crippen LogP contribution in [0.2, 0.25) is 0 Å². The van der Waals surface area contributed by atoms with Crippen LogP contribution in [0.1, 0.15) is 12.5 Å². The van der Waals surface area contributed by atoms with E-state index in [0.29, 0.717) is 5.75 Å². The normalized spacial score (nSPS) is 12.6. The van der Waals surface area contributed by atoms with Crippen molar-refractivity contribution in [3.05, 3.63) is 29.8 Å². The molecule has 12 heavy (non-hydrogen) atoms. The SMILES string of the molecule is CCc1ccccc1OC(F)P. The first-order valence-electron chi connectivity index (χ1n) is 3.88. The van der Waals surface area contributed by atoms with Crippen LogP contribution in [-0.2, 0) is 6.42 Å². The van der Waals surface area contributed by atoms with Crippen LogP contribution >= 0.6 is 9.24 Å². The highest BCUT2D eigenvalue weighted by atomic mass is 31.0. The van der Waals surface area contributed by atoms with Crippen LogP contribution in [0, 0.1) is 0 Å². The molecule has 1 aromatic carbocycles. The standard InChI is InChI=1S/C9H12FOP/c1-2-7-5-3-4-6-8(7)11-9(10)12/h3-6,9H,2,12H2,1H3. The van der Waals surface area contributed by atoms with Gasteiger partial charge in [0.05, 0.1) is 0 Å². The van der Waals surface area contributed by atoms with Crippen molar-refractivity contribution in [2.24, 2.45) is 0 Å². The highest BCUT2D eigenvalue weighted by molar-refractivity contribution is 7.16. The number of hydrogen-bond donors (Lipinski definition) is 0. The summed E-state index contributed by atoms with van der Waals surface area (Å²) in [5.74, 6) is 0.627. The summed E-state index contributed by atoms with van der Waals surface area (Å²) in [5, 5.41) is 0. The summed E-state index contributed by atoms with van der Waals surface area (Å²) in [4.78, 5) is 0. The minimum atomic E-state index is -1.32. The van der Waals surface area contributed by atoms with Crippen LogP contribution in [0.3, 0.4) is 0 Å². The fourth-order valence-electron chi connectivity index (χ4n) is 1.03. The Bertz CT molecular complexity index is 250.